The molecule has 0 saturated heterocycles. The summed E-state index contributed by atoms with van der Waals surface area (Å²) in [5.41, 5.74) is 0.853. The first-order valence-electron chi connectivity index (χ1n) is 7.60. The summed E-state index contributed by atoms with van der Waals surface area (Å²) in [4.78, 5) is 20.6. The van der Waals surface area contributed by atoms with Crippen LogP contribution in [0.15, 0.2) is 36.7 Å². The lowest BCUT2D eigenvalue weighted by molar-refractivity contribution is 0.102. The molecule has 0 radical (unpaired) electrons. The van der Waals surface area contributed by atoms with Gasteiger partial charge in [-0.05, 0) is 24.5 Å². The number of benzene rings is 1. The molecule has 0 atom stereocenters. The number of carbonyl (C=O) groups is 1. The van der Waals surface area contributed by atoms with Crippen molar-refractivity contribution in [2.75, 3.05) is 24.3 Å². The minimum Gasteiger partial charge on any atom is -0.495 e. The highest BCUT2D eigenvalue weighted by Gasteiger charge is 2.11. The molecule has 1 aromatic heterocycles. The average molecular weight is 314 g/mol. The largest absolute Gasteiger partial charge is 0.495 e. The maximum Gasteiger partial charge on any atom is 0.275 e. The predicted octanol–water partition coefficient (Wildman–Crippen LogP) is 3.20. The van der Waals surface area contributed by atoms with Gasteiger partial charge >= 0.3 is 0 Å². The molecule has 0 bridgehead atoms. The molecule has 6 nitrogen and oxygen atoms in total. The summed E-state index contributed by atoms with van der Waals surface area (Å²) in [7, 11) is 1.56. The van der Waals surface area contributed by atoms with Gasteiger partial charge in [0.2, 0.25) is 0 Å². The number of methoxy groups -OCH3 is 1. The number of nitrogens with zero attached hydrogens (tertiary/aromatic N) is 2. The third-order valence-corrected chi connectivity index (χ3v) is 3.27. The second kappa shape index (κ2) is 8.12. The number of rotatable bonds is 7. The molecule has 23 heavy (non-hydrogen) atoms. The van der Waals surface area contributed by atoms with E-state index < -0.39 is 0 Å². The summed E-state index contributed by atoms with van der Waals surface area (Å²) in [6.45, 7) is 5.16. The highest BCUT2D eigenvalue weighted by atomic mass is 16.5. The number of ether oxygens (including phenoxy) is 1. The average Bonchev–Trinajstić information content (AvgIpc) is 2.55. The van der Waals surface area contributed by atoms with E-state index in [1.165, 1.54) is 6.20 Å². The van der Waals surface area contributed by atoms with Crippen LogP contribution in [0.2, 0.25) is 0 Å². The Morgan fingerprint density at radius 3 is 2.65 bits per heavy atom. The van der Waals surface area contributed by atoms with Crippen LogP contribution in [0.3, 0.4) is 0 Å². The molecule has 122 valence electrons. The van der Waals surface area contributed by atoms with Gasteiger partial charge in [0, 0.05) is 6.54 Å². The van der Waals surface area contributed by atoms with E-state index in [1.807, 2.05) is 12.1 Å². The van der Waals surface area contributed by atoms with Gasteiger partial charge in [-0.2, -0.15) is 0 Å². The molecule has 2 aromatic rings. The molecule has 0 unspecified atom stereocenters. The van der Waals surface area contributed by atoms with Gasteiger partial charge in [0.25, 0.3) is 5.91 Å². The lowest BCUT2D eigenvalue weighted by Gasteiger charge is -2.10. The Balaban J connectivity index is 1.97. The van der Waals surface area contributed by atoms with Gasteiger partial charge in [-0.3, -0.25) is 4.79 Å². The molecule has 0 aliphatic rings. The monoisotopic (exact) mass is 314 g/mol. The lowest BCUT2D eigenvalue weighted by Crippen LogP contribution is -2.15. The third kappa shape index (κ3) is 4.95. The summed E-state index contributed by atoms with van der Waals surface area (Å²) in [5.74, 6) is 1.57. The Bertz CT molecular complexity index is 641. The normalized spacial score (nSPS) is 10.4. The van der Waals surface area contributed by atoms with Crippen molar-refractivity contribution in [1.29, 1.82) is 0 Å². The second-order valence-corrected chi connectivity index (χ2v) is 5.55. The van der Waals surface area contributed by atoms with Crippen LogP contribution in [0.1, 0.15) is 30.8 Å². The van der Waals surface area contributed by atoms with Crippen LogP contribution in [0, 0.1) is 5.92 Å². The molecular weight excluding hydrogens is 292 g/mol. The number of amides is 1. The van der Waals surface area contributed by atoms with E-state index in [2.05, 4.69) is 34.4 Å². The first kappa shape index (κ1) is 16.7. The molecule has 0 spiro atoms. The van der Waals surface area contributed by atoms with Crippen LogP contribution in [0.5, 0.6) is 5.75 Å². The van der Waals surface area contributed by atoms with E-state index in [0.29, 0.717) is 23.2 Å². The van der Waals surface area contributed by atoms with Gasteiger partial charge < -0.3 is 15.4 Å². The third-order valence-electron chi connectivity index (χ3n) is 3.27. The van der Waals surface area contributed by atoms with Crippen molar-refractivity contribution in [3.05, 3.63) is 42.4 Å². The fourth-order valence-corrected chi connectivity index (χ4v) is 1.96. The Hall–Kier alpha value is -2.63. The number of hydrogen-bond acceptors (Lipinski definition) is 5. The first-order chi connectivity index (χ1) is 11.1. The minimum atomic E-state index is -0.323. The molecule has 0 aliphatic carbocycles. The Morgan fingerprint density at radius 2 is 2.00 bits per heavy atom. The van der Waals surface area contributed by atoms with Gasteiger partial charge in [-0.1, -0.05) is 26.0 Å². The topological polar surface area (TPSA) is 76.1 Å². The molecule has 1 amide bonds. The van der Waals surface area contributed by atoms with Gasteiger partial charge in [0.05, 0.1) is 25.2 Å². The molecule has 0 saturated carbocycles. The van der Waals surface area contributed by atoms with E-state index in [-0.39, 0.29) is 11.6 Å². The Kier molecular flexibility index (Phi) is 5.91. The summed E-state index contributed by atoms with van der Waals surface area (Å²) in [5, 5.41) is 5.95. The molecule has 2 N–H and O–H groups in total. The van der Waals surface area contributed by atoms with Crippen LogP contribution in [0.4, 0.5) is 11.5 Å². The zero-order chi connectivity index (χ0) is 16.7. The molecule has 0 fully saturated rings. The molecular formula is C17H22N4O2. The number of aromatic nitrogens is 2. The Morgan fingerprint density at radius 1 is 1.22 bits per heavy atom. The van der Waals surface area contributed by atoms with Crippen LogP contribution in [-0.2, 0) is 0 Å². The maximum atomic E-state index is 12.2. The zero-order valence-corrected chi connectivity index (χ0v) is 13.7. The summed E-state index contributed by atoms with van der Waals surface area (Å²) in [6.07, 6.45) is 4.08. The smallest absolute Gasteiger partial charge is 0.275 e. The van der Waals surface area contributed by atoms with Crippen molar-refractivity contribution < 1.29 is 9.53 Å². The molecule has 2 rings (SSSR count). The number of nitrogens with one attached hydrogen (secondary N) is 2. The number of para-hydroxylation sites is 2. The molecule has 1 heterocycles. The molecule has 6 heteroatoms. The Labute approximate surface area is 136 Å². The fourth-order valence-electron chi connectivity index (χ4n) is 1.96. The van der Waals surface area contributed by atoms with E-state index in [1.54, 1.807) is 25.4 Å². The quantitative estimate of drug-likeness (QED) is 0.821. The van der Waals surface area contributed by atoms with E-state index in [9.17, 15) is 4.79 Å². The van der Waals surface area contributed by atoms with Crippen LogP contribution in [-0.4, -0.2) is 29.5 Å². The lowest BCUT2D eigenvalue weighted by atomic mass is 10.1. The SMILES string of the molecule is COc1ccccc1NC(=O)c1cnc(NCCC(C)C)cn1. The van der Waals surface area contributed by atoms with E-state index in [0.717, 1.165) is 13.0 Å². The van der Waals surface area contributed by atoms with Gasteiger partial charge in [0.1, 0.15) is 17.3 Å². The molecule has 0 aliphatic heterocycles. The fraction of sp³-hybridized carbons (Fsp3) is 0.353. The van der Waals surface area contributed by atoms with E-state index in [4.69, 9.17) is 4.74 Å². The first-order valence-corrected chi connectivity index (χ1v) is 7.60. The zero-order valence-electron chi connectivity index (χ0n) is 13.7. The summed E-state index contributed by atoms with van der Waals surface area (Å²) in [6, 6.07) is 7.21. The summed E-state index contributed by atoms with van der Waals surface area (Å²) < 4.78 is 5.20. The van der Waals surface area contributed by atoms with Gasteiger partial charge in [0.15, 0.2) is 0 Å². The highest BCUT2D eigenvalue weighted by Crippen LogP contribution is 2.23. The van der Waals surface area contributed by atoms with Crippen molar-refractivity contribution in [3.8, 4) is 5.75 Å². The second-order valence-electron chi connectivity index (χ2n) is 5.55. The number of carbonyl (C=O) groups excluding carboxylic acids is 1. The van der Waals surface area contributed by atoms with Crippen LogP contribution in [0.25, 0.3) is 0 Å². The minimum absolute atomic E-state index is 0.255. The van der Waals surface area contributed by atoms with Crippen LogP contribution >= 0.6 is 0 Å². The van der Waals surface area contributed by atoms with E-state index >= 15 is 0 Å². The highest BCUT2D eigenvalue weighted by molar-refractivity contribution is 6.03. The van der Waals surface area contributed by atoms with Crippen molar-refractivity contribution >= 4 is 17.4 Å². The predicted molar refractivity (Wildman–Crippen MR) is 90.9 cm³/mol. The van der Waals surface area contributed by atoms with Gasteiger partial charge in [-0.15, -0.1) is 0 Å². The number of anilines is 2. The van der Waals surface area contributed by atoms with Crippen molar-refractivity contribution in [2.45, 2.75) is 20.3 Å². The van der Waals surface area contributed by atoms with Crippen molar-refractivity contribution in [3.63, 3.8) is 0 Å². The number of hydrogen-bond donors (Lipinski definition) is 2. The maximum absolute atomic E-state index is 12.2. The molecule has 1 aromatic carbocycles. The van der Waals surface area contributed by atoms with Crippen molar-refractivity contribution in [1.82, 2.24) is 9.97 Å². The summed E-state index contributed by atoms with van der Waals surface area (Å²) >= 11 is 0. The standard InChI is InChI=1S/C17H22N4O2/c1-12(2)8-9-18-16-11-19-14(10-20-16)17(22)21-13-6-4-5-7-15(13)23-3/h4-7,10-12H,8-9H2,1-3H3,(H,18,20)(H,21,22). The van der Waals surface area contributed by atoms with Gasteiger partial charge in [-0.25, -0.2) is 9.97 Å². The van der Waals surface area contributed by atoms with Crippen LogP contribution < -0.4 is 15.4 Å². The van der Waals surface area contributed by atoms with Crippen molar-refractivity contribution in [2.24, 2.45) is 5.92 Å².